The average molecular weight is 581 g/mol. The second-order valence-electron chi connectivity index (χ2n) is 11.6. The van der Waals surface area contributed by atoms with Crippen LogP contribution in [0.1, 0.15) is 53.5 Å². The second-order valence-corrected chi connectivity index (χ2v) is 11.6. The molecule has 220 valence electrons. The van der Waals surface area contributed by atoms with E-state index in [1.807, 2.05) is 53.6 Å². The molecule has 9 nitrogen and oxygen atoms in total. The Morgan fingerprint density at radius 3 is 2.33 bits per heavy atom. The van der Waals surface area contributed by atoms with Crippen molar-refractivity contribution in [3.8, 4) is 0 Å². The highest BCUT2D eigenvalue weighted by molar-refractivity contribution is 5.95. The monoisotopic (exact) mass is 580 g/mol. The molecule has 42 heavy (non-hydrogen) atoms. The summed E-state index contributed by atoms with van der Waals surface area (Å²) in [6.07, 6.45) is -1.32. The Kier molecular flexibility index (Phi) is 7.02. The SMILES string of the molecule is CC(=O)N1CC2(C1)CN(C(=O)c1ccc(Cc3nc4c(C5=CCN(C(=O)CCC(F)(F)F)CC5)cccn4n3)cc1)C2. The highest BCUT2D eigenvalue weighted by Gasteiger charge is 2.53. The van der Waals surface area contributed by atoms with E-state index in [0.717, 1.165) is 29.8 Å². The molecule has 1 spiro atoms. The van der Waals surface area contributed by atoms with Crippen LogP contribution in [-0.4, -0.2) is 92.5 Å². The van der Waals surface area contributed by atoms with Crippen LogP contribution in [0.3, 0.4) is 0 Å². The van der Waals surface area contributed by atoms with E-state index >= 15 is 0 Å². The van der Waals surface area contributed by atoms with Crippen LogP contribution >= 0.6 is 0 Å². The first kappa shape index (κ1) is 27.9. The van der Waals surface area contributed by atoms with Gasteiger partial charge in [-0.15, -0.1) is 0 Å². The van der Waals surface area contributed by atoms with Gasteiger partial charge in [0.05, 0.1) is 6.42 Å². The predicted molar refractivity (Wildman–Crippen MR) is 147 cm³/mol. The van der Waals surface area contributed by atoms with Crippen molar-refractivity contribution in [2.45, 2.75) is 38.8 Å². The number of hydrogen-bond acceptors (Lipinski definition) is 5. The van der Waals surface area contributed by atoms with Crippen molar-refractivity contribution in [3.63, 3.8) is 0 Å². The first-order valence-electron chi connectivity index (χ1n) is 14.0. The lowest BCUT2D eigenvalue weighted by atomic mass is 9.72. The molecule has 2 fully saturated rings. The van der Waals surface area contributed by atoms with Crippen molar-refractivity contribution >= 4 is 28.9 Å². The van der Waals surface area contributed by atoms with Gasteiger partial charge in [0.15, 0.2) is 11.5 Å². The fraction of sp³-hybridized carbons (Fsp3) is 0.433. The predicted octanol–water partition coefficient (Wildman–Crippen LogP) is 3.58. The van der Waals surface area contributed by atoms with Crippen LogP contribution in [0.15, 0.2) is 48.7 Å². The molecular formula is C30H31F3N6O3. The Morgan fingerprint density at radius 1 is 0.976 bits per heavy atom. The molecule has 0 radical (unpaired) electrons. The summed E-state index contributed by atoms with van der Waals surface area (Å²) in [7, 11) is 0. The first-order chi connectivity index (χ1) is 20.0. The number of rotatable bonds is 6. The summed E-state index contributed by atoms with van der Waals surface area (Å²) in [5.41, 5.74) is 4.18. The van der Waals surface area contributed by atoms with Gasteiger partial charge in [-0.3, -0.25) is 14.4 Å². The molecule has 5 heterocycles. The molecule has 6 rings (SSSR count). The summed E-state index contributed by atoms with van der Waals surface area (Å²) in [6, 6.07) is 11.3. The molecule has 2 saturated heterocycles. The zero-order chi connectivity index (χ0) is 29.6. The fourth-order valence-corrected chi connectivity index (χ4v) is 6.05. The number of carbonyl (C=O) groups is 3. The van der Waals surface area contributed by atoms with Gasteiger partial charge in [0.1, 0.15) is 0 Å². The molecule has 0 atom stereocenters. The van der Waals surface area contributed by atoms with Crippen LogP contribution in [0.5, 0.6) is 0 Å². The van der Waals surface area contributed by atoms with Crippen LogP contribution in [-0.2, 0) is 16.0 Å². The molecule has 3 aromatic rings. The minimum atomic E-state index is -4.35. The van der Waals surface area contributed by atoms with Crippen molar-refractivity contribution < 1.29 is 27.6 Å². The molecule has 0 bridgehead atoms. The van der Waals surface area contributed by atoms with Gasteiger partial charge in [0.2, 0.25) is 11.8 Å². The largest absolute Gasteiger partial charge is 0.389 e. The molecule has 0 saturated carbocycles. The van der Waals surface area contributed by atoms with Crippen molar-refractivity contribution in [3.05, 3.63) is 71.2 Å². The molecule has 12 heteroatoms. The third kappa shape index (κ3) is 5.62. The maximum Gasteiger partial charge on any atom is 0.389 e. The molecule has 0 aliphatic carbocycles. The summed E-state index contributed by atoms with van der Waals surface area (Å²) < 4.78 is 39.2. The lowest BCUT2D eigenvalue weighted by Gasteiger charge is -2.60. The molecule has 3 aliphatic heterocycles. The minimum Gasteiger partial charge on any atom is -0.341 e. The van der Waals surface area contributed by atoms with E-state index in [0.29, 0.717) is 49.5 Å². The number of alkyl halides is 3. The minimum absolute atomic E-state index is 0.00896. The Labute approximate surface area is 240 Å². The Balaban J connectivity index is 1.07. The number of likely N-dealkylation sites (tertiary alicyclic amines) is 2. The highest BCUT2D eigenvalue weighted by atomic mass is 19.4. The lowest BCUT2D eigenvalue weighted by Crippen LogP contribution is -2.73. The van der Waals surface area contributed by atoms with Gasteiger partial charge in [-0.1, -0.05) is 18.2 Å². The summed E-state index contributed by atoms with van der Waals surface area (Å²) in [4.78, 5) is 46.4. The van der Waals surface area contributed by atoms with Gasteiger partial charge >= 0.3 is 6.18 Å². The van der Waals surface area contributed by atoms with Crippen LogP contribution in [0.25, 0.3) is 11.2 Å². The van der Waals surface area contributed by atoms with Crippen molar-refractivity contribution in [1.82, 2.24) is 29.3 Å². The Morgan fingerprint density at radius 2 is 1.69 bits per heavy atom. The van der Waals surface area contributed by atoms with E-state index in [1.54, 1.807) is 16.3 Å². The third-order valence-corrected chi connectivity index (χ3v) is 8.34. The van der Waals surface area contributed by atoms with Crippen LogP contribution < -0.4 is 0 Å². The van der Waals surface area contributed by atoms with E-state index in [4.69, 9.17) is 4.98 Å². The Bertz CT molecular complexity index is 1570. The third-order valence-electron chi connectivity index (χ3n) is 8.34. The topological polar surface area (TPSA) is 91.1 Å². The molecule has 1 aromatic carbocycles. The average Bonchev–Trinajstić information content (AvgIpc) is 3.32. The zero-order valence-electron chi connectivity index (χ0n) is 23.2. The van der Waals surface area contributed by atoms with Crippen LogP contribution in [0.4, 0.5) is 13.2 Å². The van der Waals surface area contributed by atoms with E-state index in [2.05, 4.69) is 5.10 Å². The summed E-state index contributed by atoms with van der Waals surface area (Å²) in [5, 5.41) is 4.62. The van der Waals surface area contributed by atoms with Gasteiger partial charge in [0.25, 0.3) is 5.91 Å². The molecule has 2 aromatic heterocycles. The van der Waals surface area contributed by atoms with E-state index in [1.165, 1.54) is 4.90 Å². The maximum absolute atomic E-state index is 12.9. The van der Waals surface area contributed by atoms with Gasteiger partial charge in [-0.2, -0.15) is 18.3 Å². The molecule has 0 unspecified atom stereocenters. The zero-order valence-corrected chi connectivity index (χ0v) is 23.2. The Hall–Kier alpha value is -4.22. The van der Waals surface area contributed by atoms with Gasteiger partial charge < -0.3 is 14.7 Å². The maximum atomic E-state index is 12.9. The number of amides is 3. The van der Waals surface area contributed by atoms with Crippen molar-refractivity contribution in [1.29, 1.82) is 0 Å². The molecule has 3 aliphatic rings. The second kappa shape index (κ2) is 10.6. The van der Waals surface area contributed by atoms with Gasteiger partial charge in [-0.25, -0.2) is 9.50 Å². The number of pyridine rings is 1. The van der Waals surface area contributed by atoms with E-state index in [-0.39, 0.29) is 23.8 Å². The molecule has 3 amide bonds. The standard InChI is InChI=1S/C30H31F3N6O3/c1-20(40)37-16-29(17-37)18-38(19-29)28(42)23-6-4-21(5-7-23)15-25-34-27-24(3-2-12-39(27)35-25)22-9-13-36(14-10-22)26(41)8-11-30(31,32)33/h2-7,9,12H,8,10-11,13-19H2,1H3. The normalized spacial score (nSPS) is 18.1. The number of benzene rings is 1. The lowest BCUT2D eigenvalue weighted by molar-refractivity contribution is -0.152. The fourth-order valence-electron chi connectivity index (χ4n) is 6.05. The summed E-state index contributed by atoms with van der Waals surface area (Å²) in [6.45, 7) is 4.97. The van der Waals surface area contributed by atoms with Gasteiger partial charge in [0, 0.05) is 81.8 Å². The number of aromatic nitrogens is 3. The van der Waals surface area contributed by atoms with Crippen molar-refractivity contribution in [2.24, 2.45) is 5.41 Å². The van der Waals surface area contributed by atoms with E-state index in [9.17, 15) is 27.6 Å². The first-order valence-corrected chi connectivity index (χ1v) is 14.0. The van der Waals surface area contributed by atoms with Crippen LogP contribution in [0.2, 0.25) is 0 Å². The smallest absolute Gasteiger partial charge is 0.341 e. The molecular weight excluding hydrogens is 549 g/mol. The van der Waals surface area contributed by atoms with Crippen LogP contribution in [0, 0.1) is 5.41 Å². The summed E-state index contributed by atoms with van der Waals surface area (Å²) in [5.74, 6) is 0.192. The highest BCUT2D eigenvalue weighted by Crippen LogP contribution is 2.40. The number of fused-ring (bicyclic) bond motifs is 1. The number of carbonyl (C=O) groups excluding carboxylic acids is 3. The number of halogens is 3. The number of nitrogens with zero attached hydrogens (tertiary/aromatic N) is 6. The quantitative estimate of drug-likeness (QED) is 0.445. The number of hydrogen-bond donors (Lipinski definition) is 0. The van der Waals surface area contributed by atoms with Crippen molar-refractivity contribution in [2.75, 3.05) is 39.3 Å². The van der Waals surface area contributed by atoms with Gasteiger partial charge in [-0.05, 0) is 41.8 Å². The van der Waals surface area contributed by atoms with E-state index < -0.39 is 24.9 Å². The molecule has 0 N–H and O–H groups in total. The summed E-state index contributed by atoms with van der Waals surface area (Å²) >= 11 is 0.